The molecular formula is C63H55NO. The molecule has 0 atom stereocenters. The normalized spacial score (nSPS) is 20.0. The molecule has 0 unspecified atom stereocenters. The zero-order chi connectivity index (χ0) is 71.8. The maximum Gasteiger partial charge on any atom is 0.143 e. The molecule has 0 radical (unpaired) electrons. The van der Waals surface area contributed by atoms with E-state index in [4.69, 9.17) is 16.8 Å². The van der Waals surface area contributed by atoms with Crippen LogP contribution in [0.2, 0.25) is 0 Å². The predicted octanol–water partition coefficient (Wildman–Crippen LogP) is 18.0. The second-order valence-electron chi connectivity index (χ2n) is 16.3. The molecule has 0 bridgehead atoms. The van der Waals surface area contributed by atoms with E-state index in [1.54, 1.807) is 0 Å². The van der Waals surface area contributed by atoms with Gasteiger partial charge in [0.1, 0.15) is 11.2 Å². The van der Waals surface area contributed by atoms with E-state index in [0.29, 0.717) is 0 Å². The quantitative estimate of drug-likeness (QED) is 0.165. The Morgan fingerprint density at radius 1 is 0.462 bits per heavy atom. The lowest BCUT2D eigenvalue weighted by Gasteiger charge is -2.34. The average Bonchev–Trinajstić information content (AvgIpc) is 1.40. The molecule has 10 aromatic rings. The summed E-state index contributed by atoms with van der Waals surface area (Å²) < 4.78 is 299. The number of benzene rings is 9. The number of rotatable bonds is 6. The molecule has 2 nitrogen and oxygen atoms in total. The van der Waals surface area contributed by atoms with Crippen molar-refractivity contribution in [3.63, 3.8) is 0 Å². The number of furan rings is 1. The minimum Gasteiger partial charge on any atom is -0.455 e. The molecule has 1 aromatic heterocycles. The van der Waals surface area contributed by atoms with E-state index >= 15 is 0 Å². The molecule has 0 amide bonds. The number of fused-ring (bicyclic) bond motifs is 8. The Morgan fingerprint density at radius 3 is 1.94 bits per heavy atom. The first kappa shape index (κ1) is 19.1. The molecule has 0 N–H and O–H groups in total. The van der Waals surface area contributed by atoms with Crippen LogP contribution >= 0.6 is 0 Å². The number of nitrogens with zero attached hydrogens (tertiary/aromatic N) is 1. The fourth-order valence-electron chi connectivity index (χ4n) is 8.99. The van der Waals surface area contributed by atoms with Gasteiger partial charge in [0.25, 0.3) is 0 Å². The van der Waals surface area contributed by atoms with E-state index in [2.05, 4.69) is 0 Å². The Bertz CT molecular complexity index is 5210. The summed E-state index contributed by atoms with van der Waals surface area (Å²) in [5, 5.41) is -2.68. The molecule has 1 aliphatic carbocycles. The van der Waals surface area contributed by atoms with Gasteiger partial charge in [-0.05, 0) is 163 Å². The molecule has 2 heteroatoms. The van der Waals surface area contributed by atoms with E-state index in [-0.39, 0.29) is 61.7 Å². The standard InChI is InChI=1S/C63H55NO/c1-36-22-24-44(25-23-36)45-26-29-51-53-35-56(50-19-13-14-20-52(50)62(53)65-57(51)34-45)64(55-33-42(7)59-58-41(6)30-37(2)31-54(58)63(9,10)60(59)43(55)8)61-39(4)17-15-21-49(61)46-27-28-48(40(5)32-46)47-18-12-11-16-38(47)3/h11-35H,1-10H3/i9D3,10D3,11D,12D,13D,14D,15D,16D,17D,18D,19D,20D,21D,22D,23D,24D,25D,26D,27D,28D,29D,30D,31D,32D,33D,34D,35D. The van der Waals surface area contributed by atoms with Gasteiger partial charge < -0.3 is 9.32 Å². The van der Waals surface area contributed by atoms with Crippen LogP contribution in [0.25, 0.3) is 77.2 Å². The highest BCUT2D eigenvalue weighted by atomic mass is 16.3. The molecule has 1 heterocycles. The maximum atomic E-state index is 10.8. The summed E-state index contributed by atoms with van der Waals surface area (Å²) in [6.45, 7) is 2.91. The molecule has 65 heavy (non-hydrogen) atoms. The van der Waals surface area contributed by atoms with Crippen molar-refractivity contribution < 1.29 is 46.9 Å². The second kappa shape index (κ2) is 15.0. The van der Waals surface area contributed by atoms with Crippen LogP contribution in [0.3, 0.4) is 0 Å². The van der Waals surface area contributed by atoms with E-state index in [9.17, 15) is 30.2 Å². The lowest BCUT2D eigenvalue weighted by Crippen LogP contribution is -2.20. The Morgan fingerprint density at radius 2 is 1.14 bits per heavy atom. The van der Waals surface area contributed by atoms with Crippen molar-refractivity contribution >= 4 is 49.8 Å². The molecule has 9 aromatic carbocycles. The van der Waals surface area contributed by atoms with E-state index in [1.165, 1.54) is 55.4 Å². The van der Waals surface area contributed by atoms with Gasteiger partial charge in [-0.1, -0.05) is 152 Å². The Hall–Kier alpha value is -7.16. The van der Waals surface area contributed by atoms with Crippen LogP contribution in [0.5, 0.6) is 0 Å². The van der Waals surface area contributed by atoms with E-state index in [0.717, 1.165) is 4.90 Å². The zero-order valence-corrected chi connectivity index (χ0v) is 36.4. The zero-order valence-electron chi connectivity index (χ0n) is 67.4. The first-order valence-electron chi connectivity index (χ1n) is 36.1. The van der Waals surface area contributed by atoms with Gasteiger partial charge >= 0.3 is 0 Å². The van der Waals surface area contributed by atoms with Gasteiger partial charge in [-0.2, -0.15) is 0 Å². The topological polar surface area (TPSA) is 16.4 Å². The van der Waals surface area contributed by atoms with Gasteiger partial charge in [-0.15, -0.1) is 0 Å². The SMILES string of the molecule is [2H]c1c([2H])c([2H])c(-c2c([2H])c([2H])c(-c3c([2H])c([2H])c([2H])c(C)c3N(c3c([2H])c(C)c4c(c3C)C(C([2H])([2H])[2H])(C([2H])([2H])[2H])c3c([2H])c(C)c([2H])c(C)c3-4)c3c([2H])c4c(oc5c([2H])c(-c6c([2H])c([2H])c(C)c([2H])c6[2H])c([2H])c([2H])c54)c4c([2H])c([2H])c([2H])c([2H])c34)c([2H])c2C)c(C)c1[2H]. The Balaban J connectivity index is 1.46. The third-order valence-electron chi connectivity index (χ3n) is 11.9. The smallest absolute Gasteiger partial charge is 0.143 e. The van der Waals surface area contributed by atoms with Gasteiger partial charge in [0.2, 0.25) is 0 Å². The third-order valence-corrected chi connectivity index (χ3v) is 11.9. The van der Waals surface area contributed by atoms with Gasteiger partial charge in [0.05, 0.1) is 45.6 Å². The third kappa shape index (κ3) is 6.29. The number of anilines is 3. The highest BCUT2D eigenvalue weighted by Crippen LogP contribution is 2.57. The second-order valence-corrected chi connectivity index (χ2v) is 16.3. The van der Waals surface area contributed by atoms with Crippen molar-refractivity contribution in [2.24, 2.45) is 0 Å². The summed E-state index contributed by atoms with van der Waals surface area (Å²) in [6, 6.07) is -19.7. The molecule has 318 valence electrons. The van der Waals surface area contributed by atoms with Crippen molar-refractivity contribution in [1.82, 2.24) is 0 Å². The molecule has 0 aliphatic heterocycles. The molecule has 0 saturated carbocycles. The minimum atomic E-state index is -3.71. The van der Waals surface area contributed by atoms with Crippen molar-refractivity contribution in [3.8, 4) is 44.5 Å². The van der Waals surface area contributed by atoms with Gasteiger partial charge in [-0.25, -0.2) is 0 Å². The lowest BCUT2D eigenvalue weighted by molar-refractivity contribution is 0.654. The van der Waals surface area contributed by atoms with Crippen LogP contribution in [0.1, 0.15) is 112 Å². The first-order valence-corrected chi connectivity index (χ1v) is 20.6. The van der Waals surface area contributed by atoms with Crippen LogP contribution in [-0.4, -0.2) is 0 Å². The molecule has 0 fully saturated rings. The summed E-state index contributed by atoms with van der Waals surface area (Å²) in [5.41, 5.74) is -13.7. The van der Waals surface area contributed by atoms with Crippen LogP contribution in [0.15, 0.2) is 155 Å². The number of hydrogen-bond donors (Lipinski definition) is 0. The first-order chi connectivity index (χ1) is 44.3. The number of hydrogen-bond acceptors (Lipinski definition) is 2. The van der Waals surface area contributed by atoms with Crippen LogP contribution in [-0.2, 0) is 5.41 Å². The lowest BCUT2D eigenvalue weighted by atomic mass is 9.79. The van der Waals surface area contributed by atoms with E-state index in [1.807, 2.05) is 0 Å². The molecular weight excluding hydrogens is 787 g/mol. The summed E-state index contributed by atoms with van der Waals surface area (Å²) >= 11 is 0. The fourth-order valence-corrected chi connectivity index (χ4v) is 8.99. The van der Waals surface area contributed by atoms with Crippen molar-refractivity contribution in [3.05, 3.63) is 207 Å². The van der Waals surface area contributed by atoms with Crippen LogP contribution in [0.4, 0.5) is 17.1 Å². The Labute approximate surface area is 427 Å². The molecule has 0 spiro atoms. The highest BCUT2D eigenvalue weighted by molar-refractivity contribution is 6.20. The predicted molar refractivity (Wildman–Crippen MR) is 278 cm³/mol. The van der Waals surface area contributed by atoms with Gasteiger partial charge in [0, 0.05) is 46.4 Å². The molecule has 11 rings (SSSR count). The Kier molecular flexibility index (Phi) is 4.40. The minimum absolute atomic E-state index is 0.00544. The molecule has 0 saturated heterocycles. The van der Waals surface area contributed by atoms with Crippen molar-refractivity contribution in [2.75, 3.05) is 4.90 Å². The fraction of sp³-hybridized carbons (Fsp3) is 0.175. The van der Waals surface area contributed by atoms with E-state index < -0.39 is 258 Å². The van der Waals surface area contributed by atoms with Crippen LogP contribution in [0, 0.1) is 55.4 Å². The van der Waals surface area contributed by atoms with Gasteiger partial charge in [0.15, 0.2) is 0 Å². The van der Waals surface area contributed by atoms with Gasteiger partial charge in [-0.3, -0.25) is 0 Å². The van der Waals surface area contributed by atoms with Crippen molar-refractivity contribution in [2.45, 2.75) is 74.5 Å². The van der Waals surface area contributed by atoms with Crippen LogP contribution < -0.4 is 4.90 Å². The van der Waals surface area contributed by atoms with Crippen molar-refractivity contribution in [1.29, 1.82) is 0 Å². The summed E-state index contributed by atoms with van der Waals surface area (Å²) in [5.74, 6) is 0. The largest absolute Gasteiger partial charge is 0.455 e. The summed E-state index contributed by atoms with van der Waals surface area (Å²) in [6.07, 6.45) is 0. The monoisotopic (exact) mass is 873 g/mol. The average molecular weight is 873 g/mol. The molecule has 1 aliphatic rings. The number of para-hydroxylation sites is 1. The maximum absolute atomic E-state index is 10.8. The summed E-state index contributed by atoms with van der Waals surface area (Å²) in [7, 11) is 0. The summed E-state index contributed by atoms with van der Waals surface area (Å²) in [4.78, 5) is 0.859. The highest BCUT2D eigenvalue weighted by Gasteiger charge is 2.40.